The fraction of sp³-hybridized carbons (Fsp3) is 0.778. The van der Waals surface area contributed by atoms with Crippen LogP contribution < -0.4 is 5.32 Å². The van der Waals surface area contributed by atoms with Gasteiger partial charge in [0.25, 0.3) is 0 Å². The van der Waals surface area contributed by atoms with E-state index in [2.05, 4.69) is 48.2 Å². The molecule has 23 heavy (non-hydrogen) atoms. The van der Waals surface area contributed by atoms with E-state index in [-0.39, 0.29) is 0 Å². The van der Waals surface area contributed by atoms with Crippen molar-refractivity contribution in [3.05, 3.63) is 17.5 Å². The maximum Gasteiger partial charge on any atom is 0.193 e. The summed E-state index contributed by atoms with van der Waals surface area (Å²) in [5.41, 5.74) is 1.00. The third kappa shape index (κ3) is 5.26. The fourth-order valence-electron chi connectivity index (χ4n) is 3.22. The van der Waals surface area contributed by atoms with Gasteiger partial charge in [0.2, 0.25) is 0 Å². The van der Waals surface area contributed by atoms with E-state index in [1.807, 2.05) is 13.1 Å². The normalized spacial score (nSPS) is 22.4. The lowest BCUT2D eigenvalue weighted by Crippen LogP contribution is -2.41. The summed E-state index contributed by atoms with van der Waals surface area (Å²) in [5, 5.41) is 7.47. The molecule has 0 spiro atoms. The van der Waals surface area contributed by atoms with E-state index in [1.54, 1.807) is 0 Å². The zero-order valence-corrected chi connectivity index (χ0v) is 15.3. The summed E-state index contributed by atoms with van der Waals surface area (Å²) in [4.78, 5) is 6.63. The highest BCUT2D eigenvalue weighted by atomic mass is 16.5. The van der Waals surface area contributed by atoms with Crippen molar-refractivity contribution in [3.63, 3.8) is 0 Å². The van der Waals surface area contributed by atoms with E-state index in [9.17, 15) is 0 Å². The second-order valence-corrected chi connectivity index (χ2v) is 7.28. The van der Waals surface area contributed by atoms with Crippen LogP contribution in [0.25, 0.3) is 0 Å². The van der Waals surface area contributed by atoms with Crippen LogP contribution in [0.4, 0.5) is 0 Å². The predicted octanol–water partition coefficient (Wildman–Crippen LogP) is 3.63. The SMILES string of the molecule is CN=C(NCc1cc(C(C)C)no1)N(C)CC1CCC(C)CC1. The van der Waals surface area contributed by atoms with Crippen LogP contribution in [-0.2, 0) is 6.54 Å². The van der Waals surface area contributed by atoms with E-state index in [1.165, 1.54) is 25.7 Å². The highest BCUT2D eigenvalue weighted by Crippen LogP contribution is 2.28. The molecule has 0 atom stereocenters. The Morgan fingerprint density at radius 3 is 2.65 bits per heavy atom. The molecular weight excluding hydrogens is 288 g/mol. The molecule has 0 saturated heterocycles. The van der Waals surface area contributed by atoms with Gasteiger partial charge in [0.05, 0.1) is 12.2 Å². The summed E-state index contributed by atoms with van der Waals surface area (Å²) in [6.07, 6.45) is 5.39. The molecule has 1 heterocycles. The first-order chi connectivity index (χ1) is 11.0. The third-order valence-electron chi connectivity index (χ3n) is 4.83. The molecule has 1 fully saturated rings. The molecule has 130 valence electrons. The van der Waals surface area contributed by atoms with E-state index in [0.717, 1.165) is 35.8 Å². The molecule has 0 bridgehead atoms. The van der Waals surface area contributed by atoms with Gasteiger partial charge in [0.1, 0.15) is 0 Å². The zero-order valence-electron chi connectivity index (χ0n) is 15.3. The van der Waals surface area contributed by atoms with Gasteiger partial charge >= 0.3 is 0 Å². The van der Waals surface area contributed by atoms with Crippen molar-refractivity contribution in [2.45, 2.75) is 58.9 Å². The van der Waals surface area contributed by atoms with Gasteiger partial charge < -0.3 is 14.7 Å². The molecule has 5 heteroatoms. The summed E-state index contributed by atoms with van der Waals surface area (Å²) < 4.78 is 5.38. The highest BCUT2D eigenvalue weighted by molar-refractivity contribution is 5.79. The molecule has 1 aromatic heterocycles. The summed E-state index contributed by atoms with van der Waals surface area (Å²) >= 11 is 0. The van der Waals surface area contributed by atoms with Crippen LogP contribution in [0.1, 0.15) is 63.8 Å². The summed E-state index contributed by atoms with van der Waals surface area (Å²) in [6, 6.07) is 2.02. The number of hydrogen-bond donors (Lipinski definition) is 1. The van der Waals surface area contributed by atoms with Gasteiger partial charge in [-0.1, -0.05) is 38.8 Å². The first kappa shape index (κ1) is 17.8. The Labute approximate surface area is 140 Å². The Morgan fingerprint density at radius 2 is 2.09 bits per heavy atom. The second kappa shape index (κ2) is 8.37. The van der Waals surface area contributed by atoms with Gasteiger partial charge in [-0.05, 0) is 30.6 Å². The molecule has 0 amide bonds. The molecule has 1 aromatic rings. The fourth-order valence-corrected chi connectivity index (χ4v) is 3.22. The first-order valence-electron chi connectivity index (χ1n) is 8.86. The molecular formula is C18H32N4O. The molecule has 1 saturated carbocycles. The molecule has 0 unspecified atom stereocenters. The Kier molecular flexibility index (Phi) is 6.48. The molecule has 1 aliphatic carbocycles. The molecule has 0 aliphatic heterocycles. The van der Waals surface area contributed by atoms with E-state index < -0.39 is 0 Å². The Hall–Kier alpha value is -1.52. The largest absolute Gasteiger partial charge is 0.359 e. The monoisotopic (exact) mass is 320 g/mol. The van der Waals surface area contributed by atoms with E-state index in [0.29, 0.717) is 12.5 Å². The number of nitrogens with one attached hydrogen (secondary N) is 1. The van der Waals surface area contributed by atoms with Crippen LogP contribution in [0.2, 0.25) is 0 Å². The Bertz CT molecular complexity index is 501. The first-order valence-corrected chi connectivity index (χ1v) is 8.86. The minimum absolute atomic E-state index is 0.392. The number of rotatable bonds is 5. The van der Waals surface area contributed by atoms with Crippen molar-refractivity contribution in [3.8, 4) is 0 Å². The second-order valence-electron chi connectivity index (χ2n) is 7.28. The zero-order chi connectivity index (χ0) is 16.8. The molecule has 1 N–H and O–H groups in total. The van der Waals surface area contributed by atoms with E-state index in [4.69, 9.17) is 4.52 Å². The van der Waals surface area contributed by atoms with Crippen molar-refractivity contribution < 1.29 is 4.52 Å². The third-order valence-corrected chi connectivity index (χ3v) is 4.83. The summed E-state index contributed by atoms with van der Waals surface area (Å²) in [7, 11) is 3.95. The smallest absolute Gasteiger partial charge is 0.193 e. The highest BCUT2D eigenvalue weighted by Gasteiger charge is 2.20. The summed E-state index contributed by atoms with van der Waals surface area (Å²) in [5.74, 6) is 3.85. The Balaban J connectivity index is 1.81. The lowest BCUT2D eigenvalue weighted by atomic mass is 9.83. The van der Waals surface area contributed by atoms with Gasteiger partial charge in [0.15, 0.2) is 11.7 Å². The minimum atomic E-state index is 0.392. The molecule has 2 rings (SSSR count). The average Bonchev–Trinajstić information content (AvgIpc) is 2.99. The predicted molar refractivity (Wildman–Crippen MR) is 94.5 cm³/mol. The van der Waals surface area contributed by atoms with Gasteiger partial charge in [-0.15, -0.1) is 0 Å². The van der Waals surface area contributed by atoms with Crippen molar-refractivity contribution >= 4 is 5.96 Å². The lowest BCUT2D eigenvalue weighted by molar-refractivity contribution is 0.249. The number of aromatic nitrogens is 1. The van der Waals surface area contributed by atoms with Gasteiger partial charge in [0, 0.05) is 26.7 Å². The number of nitrogens with zero attached hydrogens (tertiary/aromatic N) is 3. The summed E-state index contributed by atoms with van der Waals surface area (Å²) in [6.45, 7) is 8.29. The maximum atomic E-state index is 5.38. The maximum absolute atomic E-state index is 5.38. The topological polar surface area (TPSA) is 53.7 Å². The number of guanidine groups is 1. The van der Waals surface area contributed by atoms with Crippen molar-refractivity contribution in [1.82, 2.24) is 15.4 Å². The number of hydrogen-bond acceptors (Lipinski definition) is 3. The molecule has 1 aliphatic rings. The van der Waals surface area contributed by atoms with Gasteiger partial charge in [-0.3, -0.25) is 4.99 Å². The van der Waals surface area contributed by atoms with Crippen LogP contribution in [0, 0.1) is 11.8 Å². The average molecular weight is 320 g/mol. The van der Waals surface area contributed by atoms with Crippen LogP contribution >= 0.6 is 0 Å². The van der Waals surface area contributed by atoms with Crippen LogP contribution in [0.15, 0.2) is 15.6 Å². The van der Waals surface area contributed by atoms with Gasteiger partial charge in [-0.2, -0.15) is 0 Å². The quantitative estimate of drug-likeness (QED) is 0.665. The Morgan fingerprint density at radius 1 is 1.39 bits per heavy atom. The molecule has 0 radical (unpaired) electrons. The van der Waals surface area contributed by atoms with Crippen LogP contribution in [-0.4, -0.2) is 36.7 Å². The molecule has 0 aromatic carbocycles. The van der Waals surface area contributed by atoms with Crippen molar-refractivity contribution in [1.29, 1.82) is 0 Å². The van der Waals surface area contributed by atoms with E-state index >= 15 is 0 Å². The standard InChI is InChI=1S/C18H32N4O/c1-13(2)17-10-16(23-21-17)11-20-18(19-4)22(5)12-15-8-6-14(3)7-9-15/h10,13-15H,6-9,11-12H2,1-5H3,(H,19,20). The minimum Gasteiger partial charge on any atom is -0.359 e. The molecule has 5 nitrogen and oxygen atoms in total. The van der Waals surface area contributed by atoms with Crippen LogP contribution in [0.3, 0.4) is 0 Å². The van der Waals surface area contributed by atoms with Crippen molar-refractivity contribution in [2.75, 3.05) is 20.6 Å². The number of aliphatic imine (C=N–C) groups is 1. The lowest BCUT2D eigenvalue weighted by Gasteiger charge is -2.31. The van der Waals surface area contributed by atoms with Gasteiger partial charge in [-0.25, -0.2) is 0 Å². The van der Waals surface area contributed by atoms with Crippen molar-refractivity contribution in [2.24, 2.45) is 16.8 Å². The van der Waals surface area contributed by atoms with Crippen LogP contribution in [0.5, 0.6) is 0 Å².